The van der Waals surface area contributed by atoms with Crippen molar-refractivity contribution < 1.29 is 23.5 Å². The van der Waals surface area contributed by atoms with Crippen LogP contribution in [0.25, 0.3) is 0 Å². The van der Waals surface area contributed by atoms with E-state index in [9.17, 15) is 9.59 Å². The molecule has 0 heterocycles. The first-order chi connectivity index (χ1) is 15.0. The predicted molar refractivity (Wildman–Crippen MR) is 130 cm³/mol. The number of hydrogen-bond acceptors (Lipinski definition) is 5. The normalized spacial score (nSPS) is 16.8. The van der Waals surface area contributed by atoms with E-state index in [1.54, 1.807) is 7.11 Å². The van der Waals surface area contributed by atoms with E-state index in [2.05, 4.69) is 33.9 Å². The minimum absolute atomic E-state index is 0.0150. The molecule has 0 spiro atoms. The van der Waals surface area contributed by atoms with Crippen molar-refractivity contribution in [3.63, 3.8) is 0 Å². The molecule has 0 N–H and O–H groups in total. The standard InChI is InChI=1S/C26H40O5Si/c1-26(2,3)32(5,6)31-19-22(27)14-17-24(28)25(21-10-8-7-9-11-21)30-18-20-12-15-23(29-4)16-13-20/h12-17,21,25H,7-11,18-19H2,1-6H3/b17-14+. The Balaban J connectivity index is 1.99. The highest BCUT2D eigenvalue weighted by Gasteiger charge is 2.37. The van der Waals surface area contributed by atoms with E-state index in [0.717, 1.165) is 37.0 Å². The van der Waals surface area contributed by atoms with E-state index in [4.69, 9.17) is 13.9 Å². The topological polar surface area (TPSA) is 61.8 Å². The summed E-state index contributed by atoms with van der Waals surface area (Å²) in [6.07, 6.45) is 7.63. The molecular weight excluding hydrogens is 420 g/mol. The van der Waals surface area contributed by atoms with Crippen LogP contribution in [0.4, 0.5) is 0 Å². The summed E-state index contributed by atoms with van der Waals surface area (Å²) in [6.45, 7) is 11.0. The van der Waals surface area contributed by atoms with E-state index in [1.165, 1.54) is 18.6 Å². The van der Waals surface area contributed by atoms with Crippen molar-refractivity contribution in [1.82, 2.24) is 0 Å². The van der Waals surface area contributed by atoms with Crippen molar-refractivity contribution in [1.29, 1.82) is 0 Å². The molecule has 1 aromatic carbocycles. The molecule has 5 nitrogen and oxygen atoms in total. The van der Waals surface area contributed by atoms with Crippen molar-refractivity contribution in [3.05, 3.63) is 42.0 Å². The van der Waals surface area contributed by atoms with Gasteiger partial charge >= 0.3 is 0 Å². The molecule has 0 aromatic heterocycles. The average Bonchev–Trinajstić information content (AvgIpc) is 2.77. The fourth-order valence-electron chi connectivity index (χ4n) is 3.58. The number of methoxy groups -OCH3 is 1. The Morgan fingerprint density at radius 1 is 1.06 bits per heavy atom. The highest BCUT2D eigenvalue weighted by molar-refractivity contribution is 6.74. The number of carbonyl (C=O) groups excluding carboxylic acids is 2. The van der Waals surface area contributed by atoms with Gasteiger partial charge in [-0.15, -0.1) is 0 Å². The van der Waals surface area contributed by atoms with E-state index >= 15 is 0 Å². The van der Waals surface area contributed by atoms with Crippen LogP contribution in [0.3, 0.4) is 0 Å². The van der Waals surface area contributed by atoms with Gasteiger partial charge in [-0.2, -0.15) is 0 Å². The first-order valence-corrected chi connectivity index (χ1v) is 14.6. The molecule has 1 aliphatic rings. The number of ketones is 2. The Hall–Kier alpha value is -1.76. The highest BCUT2D eigenvalue weighted by Crippen LogP contribution is 2.36. The SMILES string of the molecule is COc1ccc(COC(C(=O)/C=C/C(=O)CO[Si](C)(C)C(C)(C)C)C2CCCCC2)cc1. The molecule has 1 aromatic rings. The van der Waals surface area contributed by atoms with Crippen molar-refractivity contribution in [3.8, 4) is 5.75 Å². The molecule has 1 unspecified atom stereocenters. The number of hydrogen-bond donors (Lipinski definition) is 0. The van der Waals surface area contributed by atoms with E-state index in [1.807, 2.05) is 24.3 Å². The van der Waals surface area contributed by atoms with Crippen LogP contribution in [0.1, 0.15) is 58.4 Å². The van der Waals surface area contributed by atoms with Crippen LogP contribution in [-0.4, -0.2) is 39.7 Å². The lowest BCUT2D eigenvalue weighted by molar-refractivity contribution is -0.131. The van der Waals surface area contributed by atoms with Gasteiger partial charge in [-0.1, -0.05) is 52.2 Å². The summed E-state index contributed by atoms with van der Waals surface area (Å²) in [5.74, 6) is 0.666. The molecule has 178 valence electrons. The molecule has 0 saturated heterocycles. The third-order valence-corrected chi connectivity index (χ3v) is 11.2. The minimum Gasteiger partial charge on any atom is -0.497 e. The maximum Gasteiger partial charge on any atom is 0.192 e. The van der Waals surface area contributed by atoms with Crippen LogP contribution in [0.2, 0.25) is 18.1 Å². The van der Waals surface area contributed by atoms with Gasteiger partial charge in [0.15, 0.2) is 19.9 Å². The fraction of sp³-hybridized carbons (Fsp3) is 0.615. The van der Waals surface area contributed by atoms with Crippen LogP contribution in [0.15, 0.2) is 36.4 Å². The number of carbonyl (C=O) groups is 2. The van der Waals surface area contributed by atoms with Gasteiger partial charge in [0.1, 0.15) is 11.9 Å². The third-order valence-electron chi connectivity index (χ3n) is 6.76. The molecule has 0 aliphatic heterocycles. The first kappa shape index (κ1) is 26.5. The van der Waals surface area contributed by atoms with Crippen molar-refractivity contribution in [2.24, 2.45) is 5.92 Å². The molecule has 1 aliphatic carbocycles. The summed E-state index contributed by atoms with van der Waals surface area (Å²) in [7, 11) is -0.370. The van der Waals surface area contributed by atoms with E-state index in [-0.39, 0.29) is 29.1 Å². The minimum atomic E-state index is -2.00. The van der Waals surface area contributed by atoms with Gasteiger partial charge in [0.25, 0.3) is 0 Å². The molecule has 0 radical (unpaired) electrons. The second kappa shape index (κ2) is 11.9. The number of rotatable bonds is 11. The van der Waals surface area contributed by atoms with Gasteiger partial charge in [0, 0.05) is 0 Å². The molecule has 6 heteroatoms. The van der Waals surface area contributed by atoms with Crippen LogP contribution < -0.4 is 4.74 Å². The Kier molecular flexibility index (Phi) is 9.86. The predicted octanol–water partition coefficient (Wildman–Crippen LogP) is 5.88. The van der Waals surface area contributed by atoms with Crippen LogP contribution >= 0.6 is 0 Å². The Bertz CT molecular complexity index is 770. The van der Waals surface area contributed by atoms with Crippen LogP contribution in [0.5, 0.6) is 5.75 Å². The Morgan fingerprint density at radius 3 is 2.25 bits per heavy atom. The zero-order valence-electron chi connectivity index (χ0n) is 20.6. The van der Waals surface area contributed by atoms with Crippen LogP contribution in [-0.2, 0) is 25.4 Å². The van der Waals surface area contributed by atoms with Gasteiger partial charge < -0.3 is 13.9 Å². The largest absolute Gasteiger partial charge is 0.497 e. The summed E-state index contributed by atoms with van der Waals surface area (Å²) in [4.78, 5) is 25.4. The van der Waals surface area contributed by atoms with Crippen molar-refractivity contribution >= 4 is 19.9 Å². The summed E-state index contributed by atoms with van der Waals surface area (Å²) in [5.41, 5.74) is 0.988. The summed E-state index contributed by atoms with van der Waals surface area (Å²) < 4.78 is 17.3. The molecule has 32 heavy (non-hydrogen) atoms. The monoisotopic (exact) mass is 460 g/mol. The number of benzene rings is 1. The lowest BCUT2D eigenvalue weighted by Crippen LogP contribution is -2.41. The van der Waals surface area contributed by atoms with Gasteiger partial charge in [-0.25, -0.2) is 0 Å². The maximum atomic E-state index is 13.0. The fourth-order valence-corrected chi connectivity index (χ4v) is 4.52. The van der Waals surface area contributed by atoms with Gasteiger partial charge in [-0.3, -0.25) is 9.59 Å². The molecular formula is C26H40O5Si. The average molecular weight is 461 g/mol. The van der Waals surface area contributed by atoms with E-state index < -0.39 is 14.4 Å². The second-order valence-corrected chi connectivity index (χ2v) is 15.0. The molecule has 1 atom stereocenters. The van der Waals surface area contributed by atoms with Crippen molar-refractivity contribution in [2.45, 2.75) is 83.7 Å². The van der Waals surface area contributed by atoms with Crippen molar-refractivity contribution in [2.75, 3.05) is 13.7 Å². The molecule has 0 amide bonds. The van der Waals surface area contributed by atoms with Gasteiger partial charge in [0.2, 0.25) is 0 Å². The van der Waals surface area contributed by atoms with E-state index in [0.29, 0.717) is 6.61 Å². The summed E-state index contributed by atoms with van der Waals surface area (Å²) >= 11 is 0. The zero-order chi connectivity index (χ0) is 23.8. The Morgan fingerprint density at radius 2 is 1.69 bits per heavy atom. The second-order valence-electron chi connectivity index (χ2n) is 10.2. The molecule has 1 fully saturated rings. The smallest absolute Gasteiger partial charge is 0.192 e. The third kappa shape index (κ3) is 7.98. The highest BCUT2D eigenvalue weighted by atomic mass is 28.4. The lowest BCUT2D eigenvalue weighted by Gasteiger charge is -2.35. The van der Waals surface area contributed by atoms with Crippen LogP contribution in [0, 0.1) is 5.92 Å². The molecule has 1 saturated carbocycles. The maximum absolute atomic E-state index is 13.0. The quantitative estimate of drug-likeness (QED) is 0.305. The van der Waals surface area contributed by atoms with Gasteiger partial charge in [-0.05, 0) is 66.7 Å². The zero-order valence-corrected chi connectivity index (χ0v) is 21.6. The lowest BCUT2D eigenvalue weighted by atomic mass is 9.83. The molecule has 0 bridgehead atoms. The molecule has 2 rings (SSSR count). The summed E-state index contributed by atoms with van der Waals surface area (Å²) in [5, 5.41) is 0.0359. The first-order valence-electron chi connectivity index (χ1n) is 11.7. The number of ether oxygens (including phenoxy) is 2. The Labute approximate surface area is 194 Å². The summed E-state index contributed by atoms with van der Waals surface area (Å²) in [6, 6.07) is 7.66. The van der Waals surface area contributed by atoms with Gasteiger partial charge in [0.05, 0.1) is 20.3 Å².